The molecule has 13 heavy (non-hydrogen) atoms. The van der Waals surface area contributed by atoms with Crippen molar-refractivity contribution in [3.8, 4) is 0 Å². The first-order valence-corrected chi connectivity index (χ1v) is 3.29. The van der Waals surface area contributed by atoms with Crippen molar-refractivity contribution < 1.29 is 4.74 Å². The third kappa shape index (κ3) is 12100. The van der Waals surface area contributed by atoms with E-state index in [4.69, 9.17) is 0 Å². The maximum absolute atomic E-state index is 4.36. The van der Waals surface area contributed by atoms with Crippen LogP contribution in [0.1, 0.15) is 0 Å². The van der Waals surface area contributed by atoms with Gasteiger partial charge in [0, 0.05) is 0 Å². The van der Waals surface area contributed by atoms with Crippen LogP contribution in [0, 0.1) is 0 Å². The maximum Gasteiger partial charge on any atom is 0.0829 e. The number of hydrogen-bond donors (Lipinski definition) is 0. The first-order valence-electron chi connectivity index (χ1n) is 3.29. The normalized spacial score (nSPS) is 3.38. The molecular formula is C12H22O. The van der Waals surface area contributed by atoms with Gasteiger partial charge in [0.2, 0.25) is 0 Å². The monoisotopic (exact) mass is 182 g/mol. The van der Waals surface area contributed by atoms with Gasteiger partial charge in [-0.1, -0.05) is 13.2 Å². The van der Waals surface area contributed by atoms with Crippen LogP contribution in [0.4, 0.5) is 0 Å². The highest BCUT2D eigenvalue weighted by Crippen LogP contribution is 1.65. The Morgan fingerprint density at radius 1 is 0.538 bits per heavy atom. The van der Waals surface area contributed by atoms with Gasteiger partial charge in [-0.15, -0.1) is 52.6 Å². The molecule has 0 unspecified atom stereocenters. The molecule has 76 valence electrons. The van der Waals surface area contributed by atoms with Gasteiger partial charge in [-0.3, -0.25) is 0 Å². The van der Waals surface area contributed by atoms with E-state index in [9.17, 15) is 0 Å². The molecule has 0 aliphatic heterocycles. The lowest BCUT2D eigenvalue weighted by Gasteiger charge is -1.76. The third-order valence-corrected chi connectivity index (χ3v) is 0.192. The quantitative estimate of drug-likeness (QED) is 0.451. The van der Waals surface area contributed by atoms with Crippen molar-refractivity contribution in [3.63, 3.8) is 0 Å². The van der Waals surface area contributed by atoms with Crippen molar-refractivity contribution >= 4 is 0 Å². The Morgan fingerprint density at radius 2 is 0.692 bits per heavy atom. The van der Waals surface area contributed by atoms with E-state index in [0.717, 1.165) is 0 Å². The zero-order valence-corrected chi connectivity index (χ0v) is 8.63. The SMILES string of the molecule is C=C.C=C.C=C.C=C.C=COC=C. The first-order chi connectivity index (χ1) is 6.41. The van der Waals surface area contributed by atoms with E-state index in [1.54, 1.807) is 0 Å². The zero-order chi connectivity index (χ0) is 12.1. The summed E-state index contributed by atoms with van der Waals surface area (Å²) in [4.78, 5) is 0. The average Bonchev–Trinajstić information content (AvgIpc) is 2.30. The topological polar surface area (TPSA) is 9.23 Å². The summed E-state index contributed by atoms with van der Waals surface area (Å²) in [6, 6.07) is 0. The summed E-state index contributed by atoms with van der Waals surface area (Å²) in [6.45, 7) is 30.5. The van der Waals surface area contributed by atoms with E-state index in [-0.39, 0.29) is 0 Å². The Bertz CT molecular complexity index is 63.2. The van der Waals surface area contributed by atoms with Crippen LogP contribution < -0.4 is 0 Å². The molecule has 0 radical (unpaired) electrons. The molecule has 0 aliphatic carbocycles. The standard InChI is InChI=1S/C4H6O.4C2H4/c1-3-5-4-2;4*1-2/h3-4H,1-2H2;4*1-2H2. The van der Waals surface area contributed by atoms with Gasteiger partial charge in [-0.25, -0.2) is 0 Å². The summed E-state index contributed by atoms with van der Waals surface area (Å²) in [5.41, 5.74) is 0. The molecule has 0 atom stereocenters. The van der Waals surface area contributed by atoms with Gasteiger partial charge in [0.05, 0.1) is 12.5 Å². The summed E-state index contributed by atoms with van der Waals surface area (Å²) in [7, 11) is 0. The van der Waals surface area contributed by atoms with Crippen LogP contribution in [0.3, 0.4) is 0 Å². The maximum atomic E-state index is 4.36. The average molecular weight is 182 g/mol. The van der Waals surface area contributed by atoms with E-state index in [1.165, 1.54) is 12.5 Å². The summed E-state index contributed by atoms with van der Waals surface area (Å²) in [5.74, 6) is 0. The number of hydrogen-bond acceptors (Lipinski definition) is 1. The van der Waals surface area contributed by atoms with E-state index >= 15 is 0 Å². The molecule has 0 aromatic carbocycles. The van der Waals surface area contributed by atoms with Crippen LogP contribution in [0.15, 0.2) is 78.3 Å². The van der Waals surface area contributed by atoms with Gasteiger partial charge in [-0.05, 0) is 0 Å². The molecule has 0 N–H and O–H groups in total. The predicted octanol–water partition coefficient (Wildman–Crippen LogP) is 4.50. The second-order valence-corrected chi connectivity index (χ2v) is 0.469. The van der Waals surface area contributed by atoms with E-state index in [2.05, 4.69) is 70.5 Å². The van der Waals surface area contributed by atoms with Crippen molar-refractivity contribution in [1.82, 2.24) is 0 Å². The second-order valence-electron chi connectivity index (χ2n) is 0.469. The van der Waals surface area contributed by atoms with Crippen LogP contribution in [0.2, 0.25) is 0 Å². The Labute approximate surface area is 83.8 Å². The van der Waals surface area contributed by atoms with Crippen LogP contribution in [-0.2, 0) is 4.74 Å². The molecule has 1 nitrogen and oxygen atoms in total. The van der Waals surface area contributed by atoms with Gasteiger partial charge in [0.15, 0.2) is 0 Å². The molecular weight excluding hydrogens is 160 g/mol. The summed E-state index contributed by atoms with van der Waals surface area (Å²) in [5, 5.41) is 0. The van der Waals surface area contributed by atoms with Gasteiger partial charge >= 0.3 is 0 Å². The molecule has 0 aromatic heterocycles. The predicted molar refractivity (Wildman–Crippen MR) is 66.5 cm³/mol. The second kappa shape index (κ2) is 569. The molecule has 0 aromatic rings. The van der Waals surface area contributed by atoms with E-state index in [1.807, 2.05) is 0 Å². The molecule has 1 heteroatoms. The fraction of sp³-hybridized carbons (Fsp3) is 0. The highest BCUT2D eigenvalue weighted by molar-refractivity contribution is 4.57. The Morgan fingerprint density at radius 3 is 0.692 bits per heavy atom. The Kier molecular flexibility index (Phi) is 1320. The summed E-state index contributed by atoms with van der Waals surface area (Å²) >= 11 is 0. The Hall–Kier alpha value is -1.76. The van der Waals surface area contributed by atoms with Crippen molar-refractivity contribution in [3.05, 3.63) is 78.3 Å². The van der Waals surface area contributed by atoms with Crippen molar-refractivity contribution in [2.24, 2.45) is 0 Å². The molecule has 0 heterocycles. The lowest BCUT2D eigenvalue weighted by molar-refractivity contribution is 0.406. The molecule has 0 bridgehead atoms. The molecule has 0 amide bonds. The van der Waals surface area contributed by atoms with Crippen LogP contribution in [-0.4, -0.2) is 0 Å². The molecule has 0 spiro atoms. The number of ether oxygens (including phenoxy) is 1. The Balaban J connectivity index is -0.0000000230. The lowest BCUT2D eigenvalue weighted by atomic mass is 11.1. The van der Waals surface area contributed by atoms with Gasteiger partial charge in [0.25, 0.3) is 0 Å². The summed E-state index contributed by atoms with van der Waals surface area (Å²) in [6.07, 6.45) is 2.62. The highest BCUT2D eigenvalue weighted by Gasteiger charge is 1.45. The zero-order valence-electron chi connectivity index (χ0n) is 8.63. The van der Waals surface area contributed by atoms with Crippen LogP contribution in [0.5, 0.6) is 0 Å². The van der Waals surface area contributed by atoms with Crippen LogP contribution >= 0.6 is 0 Å². The largest absolute Gasteiger partial charge is 0.474 e. The van der Waals surface area contributed by atoms with Gasteiger partial charge in [0.1, 0.15) is 0 Å². The third-order valence-electron chi connectivity index (χ3n) is 0.192. The molecule has 0 saturated heterocycles. The molecule has 0 aliphatic rings. The smallest absolute Gasteiger partial charge is 0.0829 e. The molecule has 0 fully saturated rings. The first kappa shape index (κ1) is 30.3. The fourth-order valence-electron chi connectivity index (χ4n) is 0.0680. The van der Waals surface area contributed by atoms with Crippen LogP contribution in [0.25, 0.3) is 0 Å². The minimum Gasteiger partial charge on any atom is -0.474 e. The van der Waals surface area contributed by atoms with Gasteiger partial charge < -0.3 is 4.74 Å². The van der Waals surface area contributed by atoms with E-state index < -0.39 is 0 Å². The molecule has 0 saturated carbocycles. The van der Waals surface area contributed by atoms with Crippen molar-refractivity contribution in [2.75, 3.05) is 0 Å². The fourth-order valence-corrected chi connectivity index (χ4v) is 0.0680. The lowest BCUT2D eigenvalue weighted by Crippen LogP contribution is -1.52. The summed E-state index contributed by atoms with van der Waals surface area (Å²) < 4.78 is 4.36. The molecule has 0 rings (SSSR count). The van der Waals surface area contributed by atoms with Gasteiger partial charge in [-0.2, -0.15) is 0 Å². The van der Waals surface area contributed by atoms with Crippen molar-refractivity contribution in [1.29, 1.82) is 0 Å². The minimum atomic E-state index is 1.31. The van der Waals surface area contributed by atoms with Crippen molar-refractivity contribution in [2.45, 2.75) is 0 Å². The highest BCUT2D eigenvalue weighted by atomic mass is 16.5. The van der Waals surface area contributed by atoms with E-state index in [0.29, 0.717) is 0 Å². The number of rotatable bonds is 2. The minimum absolute atomic E-state index is 1.31.